The van der Waals surface area contributed by atoms with Crippen LogP contribution in [-0.2, 0) is 16.1 Å². The lowest BCUT2D eigenvalue weighted by Crippen LogP contribution is -2.33. The van der Waals surface area contributed by atoms with Crippen LogP contribution in [0.15, 0.2) is 22.7 Å². The average Bonchev–Trinajstić information content (AvgIpc) is 2.42. The molecular formula is C14H20BrNO4. The predicted molar refractivity (Wildman–Crippen MR) is 80.1 cm³/mol. The molecule has 0 saturated heterocycles. The smallest absolute Gasteiger partial charge is 0.320 e. The van der Waals surface area contributed by atoms with E-state index in [1.165, 1.54) is 0 Å². The summed E-state index contributed by atoms with van der Waals surface area (Å²) in [6.45, 7) is 5.63. The lowest BCUT2D eigenvalue weighted by Gasteiger charge is -2.14. The summed E-state index contributed by atoms with van der Waals surface area (Å²) in [6.07, 6.45) is 0. The number of aliphatic carboxylic acids is 1. The van der Waals surface area contributed by atoms with Gasteiger partial charge in [0.1, 0.15) is 18.4 Å². The number of carboxylic acid groups (broad SMARTS) is 1. The summed E-state index contributed by atoms with van der Waals surface area (Å²) in [5, 5.41) is 11.8. The molecule has 2 N–H and O–H groups in total. The van der Waals surface area contributed by atoms with Crippen LogP contribution in [0.2, 0.25) is 0 Å². The summed E-state index contributed by atoms with van der Waals surface area (Å²) in [4.78, 5) is 10.8. The molecule has 0 saturated carbocycles. The van der Waals surface area contributed by atoms with Crippen LogP contribution in [0.25, 0.3) is 0 Å². The Morgan fingerprint density at radius 3 is 2.85 bits per heavy atom. The first kappa shape index (κ1) is 16.9. The summed E-state index contributed by atoms with van der Waals surface area (Å²) < 4.78 is 11.8. The zero-order valence-corrected chi connectivity index (χ0v) is 13.3. The van der Waals surface area contributed by atoms with Crippen molar-refractivity contribution in [3.63, 3.8) is 0 Å². The molecule has 0 aliphatic carbocycles. The molecule has 0 amide bonds. The van der Waals surface area contributed by atoms with E-state index in [2.05, 4.69) is 21.2 Å². The van der Waals surface area contributed by atoms with E-state index in [4.69, 9.17) is 14.6 Å². The number of carbonyl (C=O) groups is 1. The van der Waals surface area contributed by atoms with Crippen molar-refractivity contribution in [3.8, 4) is 5.75 Å². The van der Waals surface area contributed by atoms with Crippen LogP contribution in [0.1, 0.15) is 19.4 Å². The number of halogens is 1. The van der Waals surface area contributed by atoms with Gasteiger partial charge in [0.15, 0.2) is 0 Å². The molecule has 1 atom stereocenters. The second kappa shape index (κ2) is 8.94. The summed E-state index contributed by atoms with van der Waals surface area (Å²) in [7, 11) is 0. The van der Waals surface area contributed by atoms with Crippen molar-refractivity contribution in [1.29, 1.82) is 0 Å². The first-order chi connectivity index (χ1) is 9.54. The monoisotopic (exact) mass is 345 g/mol. The Labute approximate surface area is 127 Å². The molecule has 112 valence electrons. The summed E-state index contributed by atoms with van der Waals surface area (Å²) in [5.41, 5.74) is 0.906. The highest BCUT2D eigenvalue weighted by Crippen LogP contribution is 2.23. The van der Waals surface area contributed by atoms with Gasteiger partial charge in [-0.1, -0.05) is 15.9 Å². The van der Waals surface area contributed by atoms with E-state index in [1.54, 1.807) is 6.92 Å². The van der Waals surface area contributed by atoms with E-state index in [0.29, 0.717) is 26.4 Å². The van der Waals surface area contributed by atoms with E-state index in [9.17, 15) is 4.79 Å². The second-order valence-electron chi connectivity index (χ2n) is 4.24. The van der Waals surface area contributed by atoms with Crippen molar-refractivity contribution >= 4 is 21.9 Å². The molecule has 1 aromatic rings. The van der Waals surface area contributed by atoms with E-state index in [-0.39, 0.29) is 0 Å². The fraction of sp³-hybridized carbons (Fsp3) is 0.500. The maximum atomic E-state index is 10.8. The number of rotatable bonds is 9. The largest absolute Gasteiger partial charge is 0.491 e. The second-order valence-corrected chi connectivity index (χ2v) is 5.15. The Morgan fingerprint density at radius 2 is 2.20 bits per heavy atom. The molecule has 0 radical (unpaired) electrons. The number of hydrogen-bond donors (Lipinski definition) is 2. The van der Waals surface area contributed by atoms with E-state index >= 15 is 0 Å². The molecule has 20 heavy (non-hydrogen) atoms. The summed E-state index contributed by atoms with van der Waals surface area (Å²) >= 11 is 3.40. The highest BCUT2D eigenvalue weighted by molar-refractivity contribution is 9.10. The van der Waals surface area contributed by atoms with E-state index in [1.807, 2.05) is 25.1 Å². The Kier molecular flexibility index (Phi) is 7.58. The highest BCUT2D eigenvalue weighted by atomic mass is 79.9. The van der Waals surface area contributed by atoms with Crippen molar-refractivity contribution in [2.45, 2.75) is 26.4 Å². The van der Waals surface area contributed by atoms with Crippen LogP contribution in [0.3, 0.4) is 0 Å². The van der Waals surface area contributed by atoms with E-state index < -0.39 is 12.0 Å². The lowest BCUT2D eigenvalue weighted by molar-refractivity contribution is -0.139. The topological polar surface area (TPSA) is 67.8 Å². The van der Waals surface area contributed by atoms with Gasteiger partial charge in [-0.3, -0.25) is 4.79 Å². The Balaban J connectivity index is 2.62. The molecule has 0 aliphatic rings. The van der Waals surface area contributed by atoms with Gasteiger partial charge in [0, 0.05) is 23.2 Å². The van der Waals surface area contributed by atoms with Gasteiger partial charge in [-0.25, -0.2) is 0 Å². The molecule has 6 heteroatoms. The zero-order valence-electron chi connectivity index (χ0n) is 11.7. The van der Waals surface area contributed by atoms with Crippen molar-refractivity contribution in [2.24, 2.45) is 0 Å². The minimum Gasteiger partial charge on any atom is -0.491 e. The summed E-state index contributed by atoms with van der Waals surface area (Å²) in [6, 6.07) is 5.06. The first-order valence-corrected chi connectivity index (χ1v) is 7.29. The average molecular weight is 346 g/mol. The van der Waals surface area contributed by atoms with Crippen molar-refractivity contribution in [3.05, 3.63) is 28.2 Å². The van der Waals surface area contributed by atoms with Crippen LogP contribution in [0, 0.1) is 0 Å². The fourth-order valence-electron chi connectivity index (χ4n) is 1.53. The first-order valence-electron chi connectivity index (χ1n) is 6.49. The molecule has 0 aliphatic heterocycles. The van der Waals surface area contributed by atoms with Crippen LogP contribution in [0.5, 0.6) is 5.75 Å². The minimum atomic E-state index is -0.876. The number of nitrogens with one attached hydrogen (secondary N) is 1. The van der Waals surface area contributed by atoms with Crippen LogP contribution < -0.4 is 10.1 Å². The molecule has 0 heterocycles. The molecule has 1 aromatic carbocycles. The van der Waals surface area contributed by atoms with Gasteiger partial charge >= 0.3 is 5.97 Å². The zero-order chi connectivity index (χ0) is 15.0. The molecule has 1 rings (SSSR count). The quantitative estimate of drug-likeness (QED) is 0.672. The molecule has 0 fully saturated rings. The van der Waals surface area contributed by atoms with Crippen molar-refractivity contribution < 1.29 is 19.4 Å². The van der Waals surface area contributed by atoms with E-state index in [0.717, 1.165) is 15.8 Å². The van der Waals surface area contributed by atoms with Crippen LogP contribution in [0.4, 0.5) is 0 Å². The number of hydrogen-bond acceptors (Lipinski definition) is 4. The standard InChI is InChI=1S/C14H20BrNO4/c1-3-19-6-7-20-13-5-4-12(15)8-11(13)9-16-10(2)14(17)18/h4-5,8,10,16H,3,6-7,9H2,1-2H3,(H,17,18). The molecule has 0 bridgehead atoms. The third kappa shape index (κ3) is 5.90. The van der Waals surface area contributed by atoms with Gasteiger partial charge in [0.2, 0.25) is 0 Å². The normalized spacial score (nSPS) is 12.2. The lowest BCUT2D eigenvalue weighted by atomic mass is 10.2. The van der Waals surface area contributed by atoms with Gasteiger partial charge in [0.05, 0.1) is 6.61 Å². The van der Waals surface area contributed by atoms with Gasteiger partial charge in [0.25, 0.3) is 0 Å². The third-order valence-corrected chi connectivity index (χ3v) is 3.17. The molecule has 0 aromatic heterocycles. The maximum absolute atomic E-state index is 10.8. The van der Waals surface area contributed by atoms with Gasteiger partial charge in [-0.15, -0.1) is 0 Å². The van der Waals surface area contributed by atoms with Gasteiger partial charge in [-0.2, -0.15) is 0 Å². The summed E-state index contributed by atoms with van der Waals surface area (Å²) in [5.74, 6) is -0.142. The Bertz CT molecular complexity index is 439. The molecular weight excluding hydrogens is 326 g/mol. The fourth-order valence-corrected chi connectivity index (χ4v) is 1.94. The minimum absolute atomic E-state index is 0.427. The van der Waals surface area contributed by atoms with Gasteiger partial charge in [-0.05, 0) is 32.0 Å². The number of benzene rings is 1. The SMILES string of the molecule is CCOCCOc1ccc(Br)cc1CNC(C)C(=O)O. The van der Waals surface area contributed by atoms with Gasteiger partial charge < -0.3 is 19.9 Å². The van der Waals surface area contributed by atoms with Crippen molar-refractivity contribution in [1.82, 2.24) is 5.32 Å². The third-order valence-electron chi connectivity index (χ3n) is 2.68. The van der Waals surface area contributed by atoms with Crippen LogP contribution >= 0.6 is 15.9 Å². The Hall–Kier alpha value is -1.11. The maximum Gasteiger partial charge on any atom is 0.320 e. The predicted octanol–water partition coefficient (Wildman–Crippen LogP) is 2.43. The highest BCUT2D eigenvalue weighted by Gasteiger charge is 2.11. The molecule has 0 spiro atoms. The van der Waals surface area contributed by atoms with Crippen molar-refractivity contribution in [2.75, 3.05) is 19.8 Å². The number of carboxylic acids is 1. The molecule has 1 unspecified atom stereocenters. The Morgan fingerprint density at radius 1 is 1.45 bits per heavy atom. The number of ether oxygens (including phenoxy) is 2. The van der Waals surface area contributed by atoms with Crippen LogP contribution in [-0.4, -0.2) is 36.9 Å². The molecule has 5 nitrogen and oxygen atoms in total.